The molecule has 0 spiro atoms. The van der Waals surface area contributed by atoms with Crippen molar-refractivity contribution in [1.82, 2.24) is 4.98 Å². The number of fused-ring (bicyclic) bond motifs is 10. The van der Waals surface area contributed by atoms with Crippen LogP contribution in [0.1, 0.15) is 56.9 Å². The number of hydrogen-bond donors (Lipinski definition) is 0. The first-order valence-electron chi connectivity index (χ1n) is 20.1. The average Bonchev–Trinajstić information content (AvgIpc) is 3.96. The Labute approximate surface area is 338 Å². The Morgan fingerprint density at radius 2 is 1.26 bits per heavy atom. The molecule has 9 aromatic rings. The van der Waals surface area contributed by atoms with E-state index in [-0.39, 0.29) is 10.8 Å². The van der Waals surface area contributed by atoms with Gasteiger partial charge in [0.15, 0.2) is 11.2 Å². The lowest BCUT2D eigenvalue weighted by atomic mass is 9.81. The number of hydrogen-bond acceptors (Lipinski definition) is 4. The first-order chi connectivity index (χ1) is 28.2. The first kappa shape index (κ1) is 34.3. The van der Waals surface area contributed by atoms with Crippen LogP contribution in [-0.4, -0.2) is 4.98 Å². The fourth-order valence-corrected chi connectivity index (χ4v) is 10.2. The van der Waals surface area contributed by atoms with Gasteiger partial charge >= 0.3 is 0 Å². The highest BCUT2D eigenvalue weighted by atomic mass is 16.3. The summed E-state index contributed by atoms with van der Waals surface area (Å²) in [5, 5.41) is 4.25. The Kier molecular flexibility index (Phi) is 7.28. The van der Waals surface area contributed by atoms with Gasteiger partial charge in [0.2, 0.25) is 5.89 Å². The number of aromatic nitrogens is 1. The summed E-state index contributed by atoms with van der Waals surface area (Å²) in [6.07, 6.45) is 6.15. The van der Waals surface area contributed by atoms with Gasteiger partial charge in [-0.3, -0.25) is 0 Å². The molecule has 4 heteroatoms. The first-order valence-corrected chi connectivity index (χ1v) is 20.1. The molecule has 0 unspecified atom stereocenters. The third kappa shape index (κ3) is 4.66. The molecule has 0 amide bonds. The van der Waals surface area contributed by atoms with Crippen molar-refractivity contribution in [3.8, 4) is 22.6 Å². The van der Waals surface area contributed by atoms with Crippen molar-refractivity contribution in [3.05, 3.63) is 186 Å². The largest absolute Gasteiger partial charge is 0.454 e. The summed E-state index contributed by atoms with van der Waals surface area (Å²) in [4.78, 5) is 7.47. The number of nitrogens with zero attached hydrogens (tertiary/aromatic N) is 2. The molecule has 2 aliphatic rings. The van der Waals surface area contributed by atoms with Crippen LogP contribution in [-0.2, 0) is 10.8 Å². The van der Waals surface area contributed by atoms with E-state index in [1.54, 1.807) is 0 Å². The molecule has 0 saturated heterocycles. The van der Waals surface area contributed by atoms with Gasteiger partial charge in [-0.05, 0) is 93.6 Å². The van der Waals surface area contributed by atoms with Crippen LogP contribution in [0.15, 0.2) is 173 Å². The van der Waals surface area contributed by atoms with E-state index >= 15 is 0 Å². The van der Waals surface area contributed by atoms with Gasteiger partial charge in [0.05, 0.1) is 17.1 Å². The van der Waals surface area contributed by atoms with E-state index in [0.717, 1.165) is 66.4 Å². The average molecular weight is 751 g/mol. The quantitative estimate of drug-likeness (QED) is 0.159. The standard InChI is InChI=1S/C54H42N2O2/c1-7-8-22-37-32(2)47-39(53(37,3)4)24-16-27-42(47)56(43-28-17-25-40-48(43)35-20-11-12-23-38(35)54(40,5)6)44-31-33-18-9-10-19-34(33)50-49-36(21-15-30-46(49)57-51(44)50)52-55-41-26-13-14-29-45(41)58-52/h7-31H,1H2,2-6H3/b22-8-. The predicted octanol–water partition coefficient (Wildman–Crippen LogP) is 15.1. The molecule has 4 nitrogen and oxygen atoms in total. The van der Waals surface area contributed by atoms with Crippen LogP contribution in [0.25, 0.3) is 72.0 Å². The highest BCUT2D eigenvalue weighted by molar-refractivity contribution is 6.26. The van der Waals surface area contributed by atoms with E-state index in [2.05, 4.69) is 161 Å². The van der Waals surface area contributed by atoms with Crippen molar-refractivity contribution in [2.75, 3.05) is 4.90 Å². The summed E-state index contributed by atoms with van der Waals surface area (Å²) in [7, 11) is 0. The second kappa shape index (κ2) is 12.3. The fraction of sp³-hybridized carbons (Fsp3) is 0.130. The zero-order valence-corrected chi connectivity index (χ0v) is 33.4. The molecule has 58 heavy (non-hydrogen) atoms. The molecule has 2 aromatic heterocycles. The van der Waals surface area contributed by atoms with Crippen LogP contribution < -0.4 is 4.90 Å². The van der Waals surface area contributed by atoms with Crippen molar-refractivity contribution in [1.29, 1.82) is 0 Å². The fourth-order valence-electron chi connectivity index (χ4n) is 10.2. The van der Waals surface area contributed by atoms with Crippen molar-refractivity contribution in [2.24, 2.45) is 0 Å². The number of allylic oxidation sites excluding steroid dienone is 5. The number of furan rings is 1. The molecule has 0 aliphatic heterocycles. The molecule has 2 heterocycles. The Hall–Kier alpha value is -6.91. The zero-order chi connectivity index (χ0) is 39.5. The molecular formula is C54H42N2O2. The maximum absolute atomic E-state index is 7.20. The summed E-state index contributed by atoms with van der Waals surface area (Å²) < 4.78 is 13.6. The molecule has 0 saturated carbocycles. The van der Waals surface area contributed by atoms with Crippen molar-refractivity contribution < 1.29 is 8.83 Å². The van der Waals surface area contributed by atoms with Crippen LogP contribution in [0, 0.1) is 0 Å². The molecule has 0 N–H and O–H groups in total. The van der Waals surface area contributed by atoms with Gasteiger partial charge in [0.25, 0.3) is 0 Å². The third-order valence-corrected chi connectivity index (χ3v) is 12.9. The van der Waals surface area contributed by atoms with Gasteiger partial charge in [-0.2, -0.15) is 0 Å². The van der Waals surface area contributed by atoms with E-state index in [1.165, 1.54) is 44.5 Å². The monoisotopic (exact) mass is 750 g/mol. The Bertz CT molecular complexity index is 3240. The highest BCUT2D eigenvalue weighted by Crippen LogP contribution is 2.58. The second-order valence-electron chi connectivity index (χ2n) is 16.8. The third-order valence-electron chi connectivity index (χ3n) is 12.9. The molecule has 0 atom stereocenters. The van der Waals surface area contributed by atoms with Crippen molar-refractivity contribution >= 4 is 66.4 Å². The lowest BCUT2D eigenvalue weighted by molar-refractivity contribution is 0.620. The number of rotatable bonds is 6. The van der Waals surface area contributed by atoms with Gasteiger partial charge in [0, 0.05) is 38.3 Å². The number of oxazole rings is 1. The smallest absolute Gasteiger partial charge is 0.228 e. The van der Waals surface area contributed by atoms with Gasteiger partial charge in [-0.25, -0.2) is 4.98 Å². The lowest BCUT2D eigenvalue weighted by Crippen LogP contribution is -2.18. The van der Waals surface area contributed by atoms with Crippen LogP contribution in [0.2, 0.25) is 0 Å². The van der Waals surface area contributed by atoms with E-state index < -0.39 is 0 Å². The summed E-state index contributed by atoms with van der Waals surface area (Å²) in [5.41, 5.74) is 17.1. The summed E-state index contributed by atoms with van der Waals surface area (Å²) >= 11 is 0. The van der Waals surface area contributed by atoms with Gasteiger partial charge in [-0.1, -0.05) is 143 Å². The highest BCUT2D eigenvalue weighted by Gasteiger charge is 2.41. The second-order valence-corrected chi connectivity index (χ2v) is 16.8. The summed E-state index contributed by atoms with van der Waals surface area (Å²) in [6, 6.07) is 47.7. The molecule has 0 fully saturated rings. The minimum absolute atomic E-state index is 0.181. The van der Waals surface area contributed by atoms with Crippen LogP contribution >= 0.6 is 0 Å². The van der Waals surface area contributed by atoms with E-state index in [1.807, 2.05) is 36.4 Å². The van der Waals surface area contributed by atoms with E-state index in [0.29, 0.717) is 5.89 Å². The molecule has 280 valence electrons. The Balaban J connectivity index is 1.29. The normalized spacial score (nSPS) is 15.2. The molecular weight excluding hydrogens is 709 g/mol. The van der Waals surface area contributed by atoms with E-state index in [4.69, 9.17) is 13.8 Å². The van der Waals surface area contributed by atoms with E-state index in [9.17, 15) is 0 Å². The topological polar surface area (TPSA) is 42.4 Å². The van der Waals surface area contributed by atoms with Crippen LogP contribution in [0.5, 0.6) is 0 Å². The van der Waals surface area contributed by atoms with Crippen molar-refractivity contribution in [3.63, 3.8) is 0 Å². The maximum atomic E-state index is 7.20. The van der Waals surface area contributed by atoms with Gasteiger partial charge < -0.3 is 13.7 Å². The minimum atomic E-state index is -0.222. The lowest BCUT2D eigenvalue weighted by Gasteiger charge is -2.31. The minimum Gasteiger partial charge on any atom is -0.454 e. The zero-order valence-electron chi connectivity index (χ0n) is 33.4. The maximum Gasteiger partial charge on any atom is 0.228 e. The predicted molar refractivity (Wildman–Crippen MR) is 241 cm³/mol. The molecule has 11 rings (SSSR count). The SMILES string of the molecule is C=C/C=C\C1=C(C)c2c(N(c3cccc4c3-c3ccccc3C4(C)C)c3cc4ccccc4c4c3oc3cccc(-c5nc6ccccc6o5)c34)cccc2C1(C)C. The molecule has 2 aliphatic carbocycles. The van der Waals surface area contributed by atoms with Crippen molar-refractivity contribution in [2.45, 2.75) is 45.4 Å². The van der Waals surface area contributed by atoms with Gasteiger partial charge in [0.1, 0.15) is 11.1 Å². The molecule has 0 radical (unpaired) electrons. The van der Waals surface area contributed by atoms with Crippen LogP contribution in [0.3, 0.4) is 0 Å². The molecule has 0 bridgehead atoms. The molecule has 7 aromatic carbocycles. The number of anilines is 3. The summed E-state index contributed by atoms with van der Waals surface area (Å²) in [5.74, 6) is 0.574. The Morgan fingerprint density at radius 1 is 0.603 bits per heavy atom. The Morgan fingerprint density at radius 3 is 2.07 bits per heavy atom. The van der Waals surface area contributed by atoms with Gasteiger partial charge in [-0.15, -0.1) is 0 Å². The summed E-state index contributed by atoms with van der Waals surface area (Å²) in [6.45, 7) is 15.6. The number of benzene rings is 7. The number of para-hydroxylation sites is 2. The van der Waals surface area contributed by atoms with Crippen LogP contribution in [0.4, 0.5) is 17.1 Å².